The summed E-state index contributed by atoms with van der Waals surface area (Å²) in [7, 11) is 0. The number of piperazine rings is 1. The zero-order valence-electron chi connectivity index (χ0n) is 12.0. The molecule has 1 aromatic heterocycles. The van der Waals surface area contributed by atoms with Gasteiger partial charge in [0.1, 0.15) is 12.9 Å². The Kier molecular flexibility index (Phi) is 5.79. The van der Waals surface area contributed by atoms with E-state index in [0.717, 1.165) is 31.9 Å². The summed E-state index contributed by atoms with van der Waals surface area (Å²) in [5.41, 5.74) is 0. The fraction of sp³-hybridized carbons (Fsp3) is 0.769. The van der Waals surface area contributed by atoms with Crippen LogP contribution < -0.4 is 4.90 Å². The molecule has 1 aromatic rings. The Morgan fingerprint density at radius 2 is 2.15 bits per heavy atom. The summed E-state index contributed by atoms with van der Waals surface area (Å²) < 4.78 is 5.42. The van der Waals surface area contributed by atoms with Crippen LogP contribution in [0.2, 0.25) is 0 Å². The van der Waals surface area contributed by atoms with Gasteiger partial charge in [-0.05, 0) is 6.42 Å². The summed E-state index contributed by atoms with van der Waals surface area (Å²) in [5.74, 6) is 0.853. The third kappa shape index (κ3) is 4.19. The first-order chi connectivity index (χ1) is 9.81. The summed E-state index contributed by atoms with van der Waals surface area (Å²) in [6.45, 7) is 5.99. The molecule has 1 fully saturated rings. The summed E-state index contributed by atoms with van der Waals surface area (Å²) in [5, 5.41) is 6.68. The highest BCUT2D eigenvalue weighted by Crippen LogP contribution is 2.09. The maximum absolute atomic E-state index is 12.0. The highest BCUT2D eigenvalue weighted by atomic mass is 16.5. The number of hydrogen-bond donors (Lipinski definition) is 1. The van der Waals surface area contributed by atoms with Crippen LogP contribution in [0, 0.1) is 0 Å². The molecule has 0 aliphatic carbocycles. The number of ether oxygens (including phenoxy) is 1. The van der Waals surface area contributed by atoms with Crippen molar-refractivity contribution >= 4 is 11.9 Å². The number of nitrogens with zero attached hydrogens (tertiary/aromatic N) is 4. The fourth-order valence-corrected chi connectivity index (χ4v) is 2.22. The molecule has 7 nitrogen and oxygen atoms in total. The van der Waals surface area contributed by atoms with Gasteiger partial charge in [-0.3, -0.25) is 4.79 Å². The Morgan fingerprint density at radius 3 is 2.80 bits per heavy atom. The normalized spacial score (nSPS) is 15.7. The molecule has 1 N–H and O–H groups in total. The van der Waals surface area contributed by atoms with Crippen LogP contribution >= 0.6 is 0 Å². The van der Waals surface area contributed by atoms with Gasteiger partial charge in [-0.25, -0.2) is 5.10 Å². The second-order valence-corrected chi connectivity index (χ2v) is 4.94. The van der Waals surface area contributed by atoms with E-state index < -0.39 is 0 Å². The van der Waals surface area contributed by atoms with Gasteiger partial charge in [0.25, 0.3) is 0 Å². The lowest BCUT2D eigenvalue weighted by Crippen LogP contribution is -2.50. The van der Waals surface area contributed by atoms with Crippen molar-refractivity contribution in [1.82, 2.24) is 20.1 Å². The summed E-state index contributed by atoms with van der Waals surface area (Å²) in [6, 6.07) is 0. The SMILES string of the molecule is CCCCCOCC(=O)N1CCN(c2ncn[nH]2)CC1. The van der Waals surface area contributed by atoms with Crippen LogP contribution in [0.5, 0.6) is 0 Å². The van der Waals surface area contributed by atoms with E-state index >= 15 is 0 Å². The van der Waals surface area contributed by atoms with E-state index in [-0.39, 0.29) is 12.5 Å². The number of aromatic nitrogens is 3. The molecule has 7 heteroatoms. The predicted molar refractivity (Wildman–Crippen MR) is 75.5 cm³/mol. The molecule has 112 valence electrons. The molecule has 1 aliphatic heterocycles. The minimum atomic E-state index is 0.0821. The number of carbonyl (C=O) groups is 1. The minimum absolute atomic E-state index is 0.0821. The van der Waals surface area contributed by atoms with Gasteiger partial charge in [-0.2, -0.15) is 10.1 Å². The Bertz CT molecular complexity index is 387. The number of anilines is 1. The third-order valence-electron chi connectivity index (χ3n) is 3.45. The Labute approximate surface area is 119 Å². The lowest BCUT2D eigenvalue weighted by atomic mass is 10.3. The second kappa shape index (κ2) is 7.84. The van der Waals surface area contributed by atoms with E-state index in [0.29, 0.717) is 19.7 Å². The van der Waals surface area contributed by atoms with Gasteiger partial charge >= 0.3 is 0 Å². The number of amides is 1. The molecule has 20 heavy (non-hydrogen) atoms. The largest absolute Gasteiger partial charge is 0.372 e. The quantitative estimate of drug-likeness (QED) is 0.743. The first-order valence-electron chi connectivity index (χ1n) is 7.27. The van der Waals surface area contributed by atoms with E-state index in [1.54, 1.807) is 0 Å². The Balaban J connectivity index is 1.64. The van der Waals surface area contributed by atoms with Crippen LogP contribution in [-0.4, -0.2) is 65.4 Å². The first kappa shape index (κ1) is 14.8. The molecule has 0 radical (unpaired) electrons. The number of aromatic amines is 1. The molecular formula is C13H23N5O2. The average Bonchev–Trinajstić information content (AvgIpc) is 3.01. The number of rotatable bonds is 7. The van der Waals surface area contributed by atoms with Crippen LogP contribution in [0.1, 0.15) is 26.2 Å². The van der Waals surface area contributed by atoms with Crippen molar-refractivity contribution in [2.75, 3.05) is 44.3 Å². The van der Waals surface area contributed by atoms with Gasteiger partial charge in [0.05, 0.1) is 0 Å². The van der Waals surface area contributed by atoms with E-state index in [4.69, 9.17) is 4.74 Å². The maximum atomic E-state index is 12.0. The Hall–Kier alpha value is -1.63. The molecule has 0 saturated carbocycles. The van der Waals surface area contributed by atoms with E-state index in [9.17, 15) is 4.79 Å². The first-order valence-corrected chi connectivity index (χ1v) is 7.27. The molecule has 2 heterocycles. The molecule has 0 bridgehead atoms. The van der Waals surface area contributed by atoms with Gasteiger partial charge in [0.2, 0.25) is 11.9 Å². The van der Waals surface area contributed by atoms with E-state index in [1.807, 2.05) is 4.90 Å². The third-order valence-corrected chi connectivity index (χ3v) is 3.45. The van der Waals surface area contributed by atoms with Crippen molar-refractivity contribution in [2.24, 2.45) is 0 Å². The average molecular weight is 281 g/mol. The molecule has 2 rings (SSSR count). The van der Waals surface area contributed by atoms with Crippen LogP contribution in [0.15, 0.2) is 6.33 Å². The number of carbonyl (C=O) groups excluding carboxylic acids is 1. The summed E-state index contributed by atoms with van der Waals surface area (Å²) >= 11 is 0. The molecule has 0 unspecified atom stereocenters. The number of nitrogens with one attached hydrogen (secondary N) is 1. The van der Waals surface area contributed by atoms with Gasteiger partial charge in [-0.15, -0.1) is 0 Å². The van der Waals surface area contributed by atoms with Gasteiger partial charge in [0, 0.05) is 32.8 Å². The lowest BCUT2D eigenvalue weighted by molar-refractivity contribution is -0.136. The molecule has 1 amide bonds. The molecule has 0 aromatic carbocycles. The summed E-state index contributed by atoms with van der Waals surface area (Å²) in [4.78, 5) is 20.0. The Morgan fingerprint density at radius 1 is 1.35 bits per heavy atom. The minimum Gasteiger partial charge on any atom is -0.372 e. The van der Waals surface area contributed by atoms with Crippen LogP contribution in [0.25, 0.3) is 0 Å². The van der Waals surface area contributed by atoms with Crippen molar-refractivity contribution < 1.29 is 9.53 Å². The molecule has 1 saturated heterocycles. The zero-order chi connectivity index (χ0) is 14.2. The number of unbranched alkanes of at least 4 members (excludes halogenated alkanes) is 2. The van der Waals surface area contributed by atoms with Crippen LogP contribution in [0.4, 0.5) is 5.95 Å². The van der Waals surface area contributed by atoms with E-state index in [1.165, 1.54) is 12.7 Å². The number of hydrogen-bond acceptors (Lipinski definition) is 5. The maximum Gasteiger partial charge on any atom is 0.248 e. The van der Waals surface area contributed by atoms with Gasteiger partial charge in [0.15, 0.2) is 0 Å². The van der Waals surface area contributed by atoms with E-state index in [2.05, 4.69) is 27.0 Å². The number of H-pyrrole nitrogens is 1. The zero-order valence-corrected chi connectivity index (χ0v) is 12.0. The monoisotopic (exact) mass is 281 g/mol. The molecule has 1 aliphatic rings. The smallest absolute Gasteiger partial charge is 0.248 e. The highest BCUT2D eigenvalue weighted by molar-refractivity contribution is 5.77. The van der Waals surface area contributed by atoms with Crippen LogP contribution in [0.3, 0.4) is 0 Å². The van der Waals surface area contributed by atoms with Crippen molar-refractivity contribution in [3.8, 4) is 0 Å². The van der Waals surface area contributed by atoms with Gasteiger partial charge < -0.3 is 14.5 Å². The molecular weight excluding hydrogens is 258 g/mol. The summed E-state index contributed by atoms with van der Waals surface area (Å²) in [6.07, 6.45) is 4.85. The highest BCUT2D eigenvalue weighted by Gasteiger charge is 2.22. The lowest BCUT2D eigenvalue weighted by Gasteiger charge is -2.34. The fourth-order valence-electron chi connectivity index (χ4n) is 2.22. The molecule has 0 spiro atoms. The predicted octanol–water partition coefficient (Wildman–Crippen LogP) is 0.660. The van der Waals surface area contributed by atoms with Gasteiger partial charge in [-0.1, -0.05) is 19.8 Å². The standard InChI is InChI=1S/C13H23N5O2/c1-2-3-4-9-20-10-12(19)17-5-7-18(8-6-17)13-14-11-15-16-13/h11H,2-10H2,1H3,(H,14,15,16). The van der Waals surface area contributed by atoms with Crippen LogP contribution in [-0.2, 0) is 9.53 Å². The second-order valence-electron chi connectivity index (χ2n) is 4.94. The van der Waals surface area contributed by atoms with Crippen molar-refractivity contribution in [3.05, 3.63) is 6.33 Å². The molecule has 0 atom stereocenters. The van der Waals surface area contributed by atoms with Crippen molar-refractivity contribution in [3.63, 3.8) is 0 Å². The topological polar surface area (TPSA) is 74.3 Å². The van der Waals surface area contributed by atoms with Crippen molar-refractivity contribution in [2.45, 2.75) is 26.2 Å². The van der Waals surface area contributed by atoms with Crippen molar-refractivity contribution in [1.29, 1.82) is 0 Å².